The summed E-state index contributed by atoms with van der Waals surface area (Å²) in [7, 11) is -3.54. The second-order valence-corrected chi connectivity index (χ2v) is 11.9. The van der Waals surface area contributed by atoms with E-state index in [9.17, 15) is 17.6 Å². The van der Waals surface area contributed by atoms with Gasteiger partial charge in [-0.05, 0) is 67.9 Å². The van der Waals surface area contributed by atoms with Crippen molar-refractivity contribution < 1.29 is 17.6 Å². The van der Waals surface area contributed by atoms with Gasteiger partial charge >= 0.3 is 0 Å². The molecule has 2 aromatic rings. The van der Waals surface area contributed by atoms with Gasteiger partial charge in [0.15, 0.2) is 0 Å². The van der Waals surface area contributed by atoms with Crippen LogP contribution in [-0.2, 0) is 34.2 Å². The molecule has 0 spiro atoms. The monoisotopic (exact) mass is 499 g/mol. The molecule has 5 rings (SSSR count). The van der Waals surface area contributed by atoms with Gasteiger partial charge in [-0.25, -0.2) is 12.8 Å². The van der Waals surface area contributed by atoms with Crippen molar-refractivity contribution in [3.63, 3.8) is 0 Å². The fraction of sp³-hybridized carbons (Fsp3) is 0.519. The molecule has 6 nitrogen and oxygen atoms in total. The Labute approximate surface area is 207 Å². The second-order valence-electron chi connectivity index (χ2n) is 10.0. The Morgan fingerprint density at radius 3 is 2.29 bits per heavy atom. The van der Waals surface area contributed by atoms with Gasteiger partial charge in [0.2, 0.25) is 15.9 Å². The van der Waals surface area contributed by atoms with E-state index < -0.39 is 10.0 Å². The number of nitrogens with zero attached hydrogens (tertiary/aromatic N) is 3. The molecule has 2 aromatic carbocycles. The topological polar surface area (TPSA) is 60.9 Å². The fourth-order valence-electron chi connectivity index (χ4n) is 5.61. The molecule has 0 unspecified atom stereocenters. The summed E-state index contributed by atoms with van der Waals surface area (Å²) in [6.07, 6.45) is 5.36. The smallest absolute Gasteiger partial charge is 0.243 e. The van der Waals surface area contributed by atoms with E-state index in [0.29, 0.717) is 69.1 Å². The van der Waals surface area contributed by atoms with Crippen molar-refractivity contribution in [3.05, 3.63) is 65.0 Å². The maximum atomic E-state index is 14.0. The van der Waals surface area contributed by atoms with Crippen LogP contribution in [0.2, 0.25) is 0 Å². The molecular weight excluding hydrogens is 465 g/mol. The summed E-state index contributed by atoms with van der Waals surface area (Å²) in [6.45, 7) is 3.99. The average Bonchev–Trinajstić information content (AvgIpc) is 2.90. The maximum absolute atomic E-state index is 14.0. The van der Waals surface area contributed by atoms with Crippen LogP contribution in [0, 0.1) is 11.7 Å². The molecule has 1 aliphatic carbocycles. The van der Waals surface area contributed by atoms with Crippen molar-refractivity contribution in [1.82, 2.24) is 14.1 Å². The highest BCUT2D eigenvalue weighted by molar-refractivity contribution is 7.89. The molecule has 2 saturated heterocycles. The van der Waals surface area contributed by atoms with Gasteiger partial charge in [0.25, 0.3) is 0 Å². The molecular formula is C27H34FN3O3S. The lowest BCUT2D eigenvalue weighted by Crippen LogP contribution is -2.51. The molecule has 188 valence electrons. The minimum Gasteiger partial charge on any atom is -0.340 e. The summed E-state index contributed by atoms with van der Waals surface area (Å²) in [5, 5.41) is 0. The van der Waals surface area contributed by atoms with E-state index in [4.69, 9.17) is 0 Å². The minimum absolute atomic E-state index is 0.126. The van der Waals surface area contributed by atoms with Crippen LogP contribution < -0.4 is 0 Å². The van der Waals surface area contributed by atoms with E-state index in [2.05, 4.69) is 4.90 Å². The number of piperazine rings is 1. The Morgan fingerprint density at radius 2 is 1.57 bits per heavy atom. The number of piperidine rings is 1. The number of carbonyl (C=O) groups is 1. The number of rotatable bonds is 5. The SMILES string of the molecule is O=C(C1CCN(S(=O)(=O)c2ccc3c(c2)CCCC3)CC1)N1CCN(Cc2ccccc2F)CC1. The first kappa shape index (κ1) is 24.4. The molecule has 35 heavy (non-hydrogen) atoms. The first-order valence-electron chi connectivity index (χ1n) is 12.8. The highest BCUT2D eigenvalue weighted by Gasteiger charge is 2.35. The van der Waals surface area contributed by atoms with Crippen LogP contribution >= 0.6 is 0 Å². The number of benzene rings is 2. The summed E-state index contributed by atoms with van der Waals surface area (Å²) < 4.78 is 42.0. The molecule has 0 atom stereocenters. The summed E-state index contributed by atoms with van der Waals surface area (Å²) >= 11 is 0. The van der Waals surface area contributed by atoms with Gasteiger partial charge in [0.1, 0.15) is 5.82 Å². The predicted molar refractivity (Wildman–Crippen MR) is 133 cm³/mol. The van der Waals surface area contributed by atoms with Gasteiger partial charge in [-0.15, -0.1) is 0 Å². The van der Waals surface area contributed by atoms with Crippen molar-refractivity contribution in [2.24, 2.45) is 5.92 Å². The molecule has 2 heterocycles. The number of aryl methyl sites for hydroxylation is 2. The van der Waals surface area contributed by atoms with Crippen LogP contribution in [-0.4, -0.2) is 67.7 Å². The first-order valence-corrected chi connectivity index (χ1v) is 14.2. The zero-order valence-corrected chi connectivity index (χ0v) is 21.0. The largest absolute Gasteiger partial charge is 0.340 e. The Balaban J connectivity index is 1.13. The highest BCUT2D eigenvalue weighted by Crippen LogP contribution is 2.29. The van der Waals surface area contributed by atoms with Gasteiger partial charge in [-0.2, -0.15) is 4.31 Å². The van der Waals surface area contributed by atoms with Crippen molar-refractivity contribution in [1.29, 1.82) is 0 Å². The average molecular weight is 500 g/mol. The van der Waals surface area contributed by atoms with Crippen molar-refractivity contribution in [2.75, 3.05) is 39.3 Å². The lowest BCUT2D eigenvalue weighted by Gasteiger charge is -2.38. The third kappa shape index (κ3) is 5.29. The number of halogens is 1. The normalized spacial score (nSPS) is 20.5. The van der Waals surface area contributed by atoms with Crippen molar-refractivity contribution in [3.8, 4) is 0 Å². The Hall–Kier alpha value is -2.29. The molecule has 8 heteroatoms. The number of sulfonamides is 1. The lowest BCUT2D eigenvalue weighted by atomic mass is 9.92. The van der Waals surface area contributed by atoms with Crippen LogP contribution in [0.5, 0.6) is 0 Å². The van der Waals surface area contributed by atoms with E-state index in [1.54, 1.807) is 22.5 Å². The second kappa shape index (κ2) is 10.4. The van der Waals surface area contributed by atoms with Crippen molar-refractivity contribution in [2.45, 2.75) is 50.0 Å². The number of amides is 1. The molecule has 2 fully saturated rings. The zero-order chi connectivity index (χ0) is 24.4. The van der Waals surface area contributed by atoms with Gasteiger partial charge in [0, 0.05) is 57.3 Å². The number of carbonyl (C=O) groups excluding carboxylic acids is 1. The summed E-state index contributed by atoms with van der Waals surface area (Å²) in [6, 6.07) is 12.4. The van der Waals surface area contributed by atoms with E-state index in [0.717, 1.165) is 24.8 Å². The number of fused-ring (bicyclic) bond motifs is 1. The van der Waals surface area contributed by atoms with Gasteiger partial charge in [0.05, 0.1) is 4.90 Å². The molecule has 0 radical (unpaired) electrons. The quantitative estimate of drug-likeness (QED) is 0.632. The third-order valence-corrected chi connectivity index (χ3v) is 9.69. The number of hydrogen-bond donors (Lipinski definition) is 0. The third-order valence-electron chi connectivity index (χ3n) is 7.80. The molecule has 0 saturated carbocycles. The van der Waals surface area contributed by atoms with Gasteiger partial charge in [-0.1, -0.05) is 24.3 Å². The van der Waals surface area contributed by atoms with Crippen LogP contribution in [0.4, 0.5) is 4.39 Å². The van der Waals surface area contributed by atoms with E-state index >= 15 is 0 Å². The summed E-state index contributed by atoms with van der Waals surface area (Å²) in [4.78, 5) is 17.6. The minimum atomic E-state index is -3.54. The maximum Gasteiger partial charge on any atom is 0.243 e. The highest BCUT2D eigenvalue weighted by atomic mass is 32.2. The van der Waals surface area contributed by atoms with Gasteiger partial charge < -0.3 is 4.90 Å². The van der Waals surface area contributed by atoms with E-state index in [-0.39, 0.29) is 17.6 Å². The van der Waals surface area contributed by atoms with Crippen LogP contribution in [0.15, 0.2) is 47.4 Å². The van der Waals surface area contributed by atoms with E-state index in [1.165, 1.54) is 18.1 Å². The molecule has 3 aliphatic rings. The molecule has 0 aromatic heterocycles. The standard InChI is InChI=1S/C27H34FN3O3S/c28-26-8-4-3-7-24(26)20-29-15-17-30(18-16-29)27(32)22-11-13-31(14-12-22)35(33,34)25-10-9-21-5-1-2-6-23(21)19-25/h3-4,7-10,19,22H,1-2,5-6,11-18,20H2. The van der Waals surface area contributed by atoms with Crippen molar-refractivity contribution >= 4 is 15.9 Å². The zero-order valence-electron chi connectivity index (χ0n) is 20.2. The Kier molecular flexibility index (Phi) is 7.23. The molecule has 1 amide bonds. The van der Waals surface area contributed by atoms with Crippen LogP contribution in [0.1, 0.15) is 42.4 Å². The Bertz CT molecular complexity index is 1170. The summed E-state index contributed by atoms with van der Waals surface area (Å²) in [5.41, 5.74) is 3.12. The molecule has 0 bridgehead atoms. The summed E-state index contributed by atoms with van der Waals surface area (Å²) in [5.74, 6) is -0.201. The first-order chi connectivity index (χ1) is 16.9. The fourth-order valence-corrected chi connectivity index (χ4v) is 7.14. The lowest BCUT2D eigenvalue weighted by molar-refractivity contribution is -0.138. The van der Waals surface area contributed by atoms with Crippen LogP contribution in [0.25, 0.3) is 0 Å². The van der Waals surface area contributed by atoms with Gasteiger partial charge in [-0.3, -0.25) is 9.69 Å². The predicted octanol–water partition coefficient (Wildman–Crippen LogP) is 3.45. The van der Waals surface area contributed by atoms with E-state index in [1.807, 2.05) is 23.1 Å². The molecule has 0 N–H and O–H groups in total. The molecule has 2 aliphatic heterocycles. The Morgan fingerprint density at radius 1 is 0.886 bits per heavy atom. The van der Waals surface area contributed by atoms with Crippen LogP contribution in [0.3, 0.4) is 0 Å². The number of hydrogen-bond acceptors (Lipinski definition) is 4.